The van der Waals surface area contributed by atoms with E-state index < -0.39 is 0 Å². The van der Waals surface area contributed by atoms with Crippen molar-refractivity contribution in [2.24, 2.45) is 11.8 Å². The molecule has 156 valence electrons. The third kappa shape index (κ3) is 3.56. The van der Waals surface area contributed by atoms with Crippen LogP contribution >= 0.6 is 0 Å². The number of quaternary nitrogens is 1. The molecule has 4 atom stereocenters. The van der Waals surface area contributed by atoms with Crippen LogP contribution in [0, 0.1) is 11.8 Å². The summed E-state index contributed by atoms with van der Waals surface area (Å²) >= 11 is 0. The molecule has 2 aliphatic carbocycles. The minimum absolute atomic E-state index is 0.403. The highest BCUT2D eigenvalue weighted by atomic mass is 16.1. The van der Waals surface area contributed by atoms with Gasteiger partial charge in [0, 0.05) is 31.8 Å². The van der Waals surface area contributed by atoms with Gasteiger partial charge < -0.3 is 4.57 Å². The average molecular weight is 404 g/mol. The Morgan fingerprint density at radius 2 is 1.77 bits per heavy atom. The quantitative estimate of drug-likeness (QED) is 0.450. The second kappa shape index (κ2) is 7.95. The van der Waals surface area contributed by atoms with E-state index in [0.717, 1.165) is 41.9 Å². The highest BCUT2D eigenvalue weighted by Crippen LogP contribution is 2.43. The molecule has 0 aromatic heterocycles. The Morgan fingerprint density at radius 1 is 1.00 bits per heavy atom. The van der Waals surface area contributed by atoms with Gasteiger partial charge in [-0.25, -0.2) is 19.2 Å². The Kier molecular flexibility index (Phi) is 5.15. The minimum atomic E-state index is 0.403. The maximum absolute atomic E-state index is 12.3. The number of hydrogen-bond acceptors (Lipinski definition) is 3. The monoisotopic (exact) mass is 403 g/mol. The number of nitrogens with zero attached hydrogens (tertiary/aromatic N) is 4. The number of aromatic nitrogens is 3. The van der Waals surface area contributed by atoms with Crippen LogP contribution in [0.25, 0.3) is 11.4 Å². The van der Waals surface area contributed by atoms with Crippen molar-refractivity contribution in [1.82, 2.24) is 19.0 Å². The number of amides is 1. The molecular weight excluding hydrogens is 372 g/mol. The van der Waals surface area contributed by atoms with Crippen LogP contribution in [0.1, 0.15) is 50.5 Å². The Hall–Kier alpha value is -2.53. The predicted octanol–water partition coefficient (Wildman–Crippen LogP) is 4.88. The van der Waals surface area contributed by atoms with Crippen molar-refractivity contribution in [2.75, 3.05) is 7.05 Å². The first-order valence-corrected chi connectivity index (χ1v) is 11.3. The summed E-state index contributed by atoms with van der Waals surface area (Å²) in [4.78, 5) is 20.8. The summed E-state index contributed by atoms with van der Waals surface area (Å²) in [5.74, 6) is 1.72. The smallest absolute Gasteiger partial charge is 0.306 e. The van der Waals surface area contributed by atoms with Crippen molar-refractivity contribution >= 4 is 12.1 Å². The first-order valence-electron chi connectivity index (χ1n) is 11.3. The molecule has 2 fully saturated rings. The summed E-state index contributed by atoms with van der Waals surface area (Å²) in [7, 11) is 2.10. The molecule has 2 aliphatic heterocycles. The van der Waals surface area contributed by atoms with E-state index in [2.05, 4.69) is 45.8 Å². The van der Waals surface area contributed by atoms with Crippen LogP contribution in [0.2, 0.25) is 0 Å². The molecule has 1 aromatic carbocycles. The number of imidazole rings is 1. The summed E-state index contributed by atoms with van der Waals surface area (Å²) in [5.41, 5.74) is 4.16. The standard InChI is InChI=1S/C25H31N4O/c1-29(18-30,23-11-8-20-4-2-3-5-21(20)14-23)22-9-6-19(7-10-22)15-28-13-12-24-25(16-28)27-17-26-24/h6-7,9-10,12-13,16-18,20-21,23H,2-5,8,11,14-15H2,1H3/q+1. The molecule has 0 bridgehead atoms. The normalized spacial score (nSPS) is 26.1. The minimum Gasteiger partial charge on any atom is -0.348 e. The number of hydrogen-bond donors (Lipinski definition) is 0. The van der Waals surface area contributed by atoms with E-state index in [1.807, 2.05) is 18.5 Å². The van der Waals surface area contributed by atoms with E-state index in [1.54, 1.807) is 6.33 Å². The zero-order chi connectivity index (χ0) is 20.6. The lowest BCUT2D eigenvalue weighted by molar-refractivity contribution is -0.119. The van der Waals surface area contributed by atoms with Crippen LogP contribution in [-0.4, -0.2) is 34.0 Å². The van der Waals surface area contributed by atoms with Crippen molar-refractivity contribution in [2.45, 2.75) is 57.5 Å². The van der Waals surface area contributed by atoms with Gasteiger partial charge in [-0.05, 0) is 48.4 Å². The maximum atomic E-state index is 12.3. The Morgan fingerprint density at radius 3 is 2.57 bits per heavy atom. The molecular formula is C25H31N4O+. The number of rotatable bonds is 5. The zero-order valence-corrected chi connectivity index (χ0v) is 17.8. The number of carbonyl (C=O) groups is 1. The molecule has 5 rings (SSSR count). The van der Waals surface area contributed by atoms with Gasteiger partial charge in [0.25, 0.3) is 0 Å². The molecule has 2 saturated carbocycles. The van der Waals surface area contributed by atoms with Crippen molar-refractivity contribution in [3.05, 3.63) is 54.6 Å². The highest BCUT2D eigenvalue weighted by molar-refractivity contribution is 5.69. The van der Waals surface area contributed by atoms with Crippen LogP contribution in [0.15, 0.2) is 49.1 Å². The molecule has 0 saturated heterocycles. The van der Waals surface area contributed by atoms with Gasteiger partial charge in [0.2, 0.25) is 0 Å². The fourth-order valence-corrected chi connectivity index (χ4v) is 5.81. The number of pyridine rings is 1. The average Bonchev–Trinajstić information content (AvgIpc) is 3.26. The lowest BCUT2D eigenvalue weighted by Crippen LogP contribution is -2.55. The second-order valence-corrected chi connectivity index (χ2v) is 9.45. The fourth-order valence-electron chi connectivity index (χ4n) is 5.81. The van der Waals surface area contributed by atoms with Gasteiger partial charge in [-0.3, -0.25) is 0 Å². The van der Waals surface area contributed by atoms with Crippen LogP contribution < -0.4 is 4.48 Å². The van der Waals surface area contributed by atoms with Crippen LogP contribution in [-0.2, 0) is 11.3 Å². The van der Waals surface area contributed by atoms with Gasteiger partial charge in [0.1, 0.15) is 23.8 Å². The fraction of sp³-hybridized carbons (Fsp3) is 0.480. The third-order valence-electron chi connectivity index (χ3n) is 7.72. The molecule has 1 aromatic rings. The van der Waals surface area contributed by atoms with Crippen molar-refractivity contribution in [3.8, 4) is 11.4 Å². The van der Waals surface area contributed by atoms with Crippen LogP contribution in [0.3, 0.4) is 0 Å². The Bertz CT molecular complexity index is 981. The number of carbonyl (C=O) groups excluding carboxylic acids is 1. The Balaban J connectivity index is 1.33. The predicted molar refractivity (Wildman–Crippen MR) is 119 cm³/mol. The lowest BCUT2D eigenvalue weighted by Gasteiger charge is -2.44. The molecule has 5 heteroatoms. The van der Waals surface area contributed by atoms with Gasteiger partial charge in [-0.2, -0.15) is 0 Å². The molecule has 0 radical (unpaired) electrons. The van der Waals surface area contributed by atoms with Gasteiger partial charge in [-0.1, -0.05) is 31.4 Å². The topological polar surface area (TPSA) is 47.8 Å². The first kappa shape index (κ1) is 19.4. The van der Waals surface area contributed by atoms with Crippen LogP contribution in [0.5, 0.6) is 0 Å². The molecule has 2 heterocycles. The van der Waals surface area contributed by atoms with E-state index in [-0.39, 0.29) is 0 Å². The van der Waals surface area contributed by atoms with Crippen molar-refractivity contribution in [1.29, 1.82) is 0 Å². The summed E-state index contributed by atoms with van der Waals surface area (Å²) in [6.45, 7) is 0.779. The molecule has 4 aliphatic rings. The second-order valence-electron chi connectivity index (χ2n) is 9.45. The van der Waals surface area contributed by atoms with Gasteiger partial charge in [0.15, 0.2) is 0 Å². The molecule has 5 nitrogen and oxygen atoms in total. The van der Waals surface area contributed by atoms with E-state index in [9.17, 15) is 4.79 Å². The molecule has 1 amide bonds. The third-order valence-corrected chi connectivity index (χ3v) is 7.72. The molecule has 4 unspecified atom stereocenters. The van der Waals surface area contributed by atoms with E-state index >= 15 is 0 Å². The number of benzene rings is 1. The summed E-state index contributed by atoms with van der Waals surface area (Å²) < 4.78 is 2.54. The van der Waals surface area contributed by atoms with E-state index in [4.69, 9.17) is 0 Å². The first-order chi connectivity index (χ1) is 14.7. The molecule has 30 heavy (non-hydrogen) atoms. The van der Waals surface area contributed by atoms with Crippen LogP contribution in [0.4, 0.5) is 5.69 Å². The van der Waals surface area contributed by atoms with Gasteiger partial charge in [0.05, 0.1) is 12.7 Å². The lowest BCUT2D eigenvalue weighted by atomic mass is 9.69. The van der Waals surface area contributed by atoms with Gasteiger partial charge >= 0.3 is 6.41 Å². The Labute approximate surface area is 178 Å². The SMILES string of the molecule is C[N+](C=O)(c1ccc(Cn2ccc3ncnc-3c2)cc1)C1CCC2CCCCC2C1. The largest absolute Gasteiger partial charge is 0.348 e. The molecule has 0 N–H and O–H groups in total. The highest BCUT2D eigenvalue weighted by Gasteiger charge is 2.42. The zero-order valence-electron chi connectivity index (χ0n) is 17.8. The number of fused-ring (bicyclic) bond motifs is 2. The maximum Gasteiger partial charge on any atom is 0.306 e. The molecule has 0 spiro atoms. The van der Waals surface area contributed by atoms with Crippen molar-refractivity contribution in [3.63, 3.8) is 0 Å². The summed E-state index contributed by atoms with van der Waals surface area (Å²) in [6, 6.07) is 11.0. The van der Waals surface area contributed by atoms with E-state index in [1.165, 1.54) is 50.5 Å². The summed E-state index contributed by atoms with van der Waals surface area (Å²) in [5, 5.41) is 0. The van der Waals surface area contributed by atoms with Crippen molar-refractivity contribution < 1.29 is 4.79 Å². The summed E-state index contributed by atoms with van der Waals surface area (Å²) in [6.07, 6.45) is 16.0. The van der Waals surface area contributed by atoms with E-state index in [0.29, 0.717) is 10.5 Å². The van der Waals surface area contributed by atoms with Gasteiger partial charge in [-0.15, -0.1) is 0 Å².